The Balaban J connectivity index is 0.000000128. The van der Waals surface area contributed by atoms with Crippen molar-refractivity contribution in [1.82, 2.24) is 98.6 Å². The van der Waals surface area contributed by atoms with E-state index in [2.05, 4.69) is 76.5 Å². The molecule has 139 heavy (non-hydrogen) atoms. The Hall–Kier alpha value is -8.59. The van der Waals surface area contributed by atoms with Crippen molar-refractivity contribution < 1.29 is 43.2 Å². The van der Waals surface area contributed by atoms with Gasteiger partial charge in [-0.15, -0.1) is 0 Å². The van der Waals surface area contributed by atoms with Crippen LogP contribution in [0, 0.1) is 54.3 Å². The Labute approximate surface area is 845 Å². The second-order valence-electron chi connectivity index (χ2n) is 38.4. The van der Waals surface area contributed by atoms with Crippen molar-refractivity contribution in [2.45, 2.75) is 130 Å². The molecule has 8 aliphatic rings. The number of nitrogens with zero attached hydrogens (tertiary/aromatic N) is 24. The molecule has 742 valence electrons. The van der Waals surface area contributed by atoms with Crippen LogP contribution in [0.1, 0.15) is 172 Å². The molecule has 0 radical (unpaired) electrons. The number of ketones is 2. The number of aromatic nitrogens is 16. The maximum absolute atomic E-state index is 13.8. The number of benzene rings is 4. The van der Waals surface area contributed by atoms with E-state index in [1.54, 1.807) is 77.2 Å². The number of piperidine rings is 4. The van der Waals surface area contributed by atoms with Crippen LogP contribution in [0.2, 0.25) is 40.2 Å². The lowest BCUT2D eigenvalue weighted by Crippen LogP contribution is -2.54. The summed E-state index contributed by atoms with van der Waals surface area (Å²) in [6.07, 6.45) is 11.7. The number of rotatable bonds is 26. The lowest BCUT2D eigenvalue weighted by atomic mass is 9.80. The van der Waals surface area contributed by atoms with Gasteiger partial charge in [0.2, 0.25) is 0 Å². The predicted molar refractivity (Wildman–Crippen MR) is 540 cm³/mol. The van der Waals surface area contributed by atoms with Crippen LogP contribution < -0.4 is 19.6 Å². The third kappa shape index (κ3) is 22.5. The molecule has 0 bridgehead atoms. The molecule has 12 aromatic rings. The molecule has 30 nitrogen and oxygen atoms in total. The first kappa shape index (κ1) is 102. The summed E-state index contributed by atoms with van der Waals surface area (Å²) in [5, 5.41) is 59.1. The van der Waals surface area contributed by atoms with E-state index in [-0.39, 0.29) is 67.3 Å². The number of β-amino-alcohol motifs (C(OH)–C–C–N with tert-alkyl or cyclic N) is 4. The average molecular weight is 2070 g/mol. The summed E-state index contributed by atoms with van der Waals surface area (Å²) in [7, 11) is 0. The van der Waals surface area contributed by atoms with Crippen LogP contribution in [0.5, 0.6) is 0 Å². The lowest BCUT2D eigenvalue weighted by molar-refractivity contribution is -0.140. The summed E-state index contributed by atoms with van der Waals surface area (Å²) in [6.45, 7) is 32.2. The number of halogens is 11. The van der Waals surface area contributed by atoms with Crippen molar-refractivity contribution in [1.29, 1.82) is 0 Å². The fourth-order valence-electron chi connectivity index (χ4n) is 21.3. The molecule has 8 fully saturated rings. The van der Waals surface area contributed by atoms with Crippen molar-refractivity contribution >= 4 is 172 Å². The van der Waals surface area contributed by atoms with Crippen molar-refractivity contribution in [3.05, 3.63) is 183 Å². The first-order valence-corrected chi connectivity index (χ1v) is 51.0. The Bertz CT molecular complexity index is 6190. The Kier molecular flexibility index (Phi) is 32.5. The number of aliphatic hydroxyl groups is 4. The van der Waals surface area contributed by atoms with Gasteiger partial charge in [0.1, 0.15) is 45.3 Å². The zero-order valence-electron chi connectivity index (χ0n) is 78.8. The molecule has 0 aliphatic carbocycles. The van der Waals surface area contributed by atoms with Gasteiger partial charge in [0, 0.05) is 159 Å². The van der Waals surface area contributed by atoms with E-state index in [0.29, 0.717) is 139 Å². The molecule has 0 spiro atoms. The topological polar surface area (TPSA) is 315 Å². The van der Waals surface area contributed by atoms with Gasteiger partial charge in [0.05, 0.1) is 81.1 Å². The molecule has 0 saturated carbocycles. The Morgan fingerprint density at radius 2 is 0.612 bits per heavy atom. The highest BCUT2D eigenvalue weighted by molar-refractivity contribution is 6.37. The molecule has 41 heteroatoms. The Morgan fingerprint density at radius 3 is 0.878 bits per heavy atom. The molecular weight excluding hydrogens is 1950 g/mol. The molecule has 20 rings (SSSR count). The summed E-state index contributed by atoms with van der Waals surface area (Å²) in [5.74, 6) is 7.60. The van der Waals surface area contributed by atoms with E-state index in [1.165, 1.54) is 63.3 Å². The largest absolute Gasteiger partial charge is 0.437 e. The van der Waals surface area contributed by atoms with Crippen LogP contribution in [-0.2, 0) is 6.18 Å². The first-order valence-electron chi connectivity index (χ1n) is 48.0. The van der Waals surface area contributed by atoms with Crippen molar-refractivity contribution in [3.8, 4) is 0 Å². The summed E-state index contributed by atoms with van der Waals surface area (Å²) in [6, 6.07) is 19.9. The van der Waals surface area contributed by atoms with E-state index in [1.807, 2.05) is 60.8 Å². The van der Waals surface area contributed by atoms with E-state index in [0.717, 1.165) is 188 Å². The van der Waals surface area contributed by atoms with Crippen LogP contribution in [0.4, 0.5) is 36.4 Å². The van der Waals surface area contributed by atoms with Gasteiger partial charge >= 0.3 is 6.18 Å². The number of hydrogen-bond donors (Lipinski definition) is 4. The normalized spacial score (nSPS) is 20.5. The van der Waals surface area contributed by atoms with E-state index < -0.39 is 17.9 Å². The van der Waals surface area contributed by atoms with E-state index in [9.17, 15) is 43.2 Å². The van der Waals surface area contributed by atoms with Gasteiger partial charge in [0.15, 0.2) is 51.2 Å². The number of alkyl halides is 3. The SMILES string of the molecule is CC(=O)c1nn([C@H](C)c2ccc(Cl)cc2Cl)c2nc(N3CC([C@@H]4CCCN(CCO)C4)C3)cnc12.CC(=O)c1nn([C@H](C)c2ccc(Cl)cc2Cl)c2nc(N3CC([C@H]4CCCN(CCO)C4)C3)cnc12.C[C@H](c1ccc(Cl)cc1Cl)n1nc(C(F)(F)F)c2ncc(N3CC([C@@H]4CCCN(CCO)C4)C3)nc21.Cc1nn([C@H](C)c2ccc(Cl)cc2Cl)c2nc(N3CC([C@H]4CCCN(CCO)C4)C3)cnc12. The van der Waals surface area contributed by atoms with Crippen LogP contribution in [0.25, 0.3) is 44.7 Å². The molecule has 0 unspecified atom stereocenters. The number of aliphatic hydroxyl groups excluding tert-OH is 4. The van der Waals surface area contributed by atoms with Crippen LogP contribution in [-0.4, -0.2) is 288 Å². The quantitative estimate of drug-likeness (QED) is 0.0366. The maximum Gasteiger partial charge on any atom is 0.437 e. The number of carbonyl (C=O) groups is 2. The van der Waals surface area contributed by atoms with Crippen molar-refractivity contribution in [2.24, 2.45) is 47.3 Å². The predicted octanol–water partition coefficient (Wildman–Crippen LogP) is 17.3. The lowest BCUT2D eigenvalue weighted by Gasteiger charge is -2.47. The summed E-state index contributed by atoms with van der Waals surface area (Å²) < 4.78 is 48.0. The second-order valence-corrected chi connectivity index (χ2v) is 41.7. The highest BCUT2D eigenvalue weighted by Crippen LogP contribution is 2.44. The van der Waals surface area contributed by atoms with Crippen LogP contribution >= 0.6 is 92.8 Å². The summed E-state index contributed by atoms with van der Waals surface area (Å²) in [4.78, 5) is 80.4. The van der Waals surface area contributed by atoms with E-state index in [4.69, 9.17) is 118 Å². The first-order chi connectivity index (χ1) is 66.8. The molecule has 4 aromatic carbocycles. The van der Waals surface area contributed by atoms with Gasteiger partial charge < -0.3 is 59.6 Å². The maximum atomic E-state index is 13.8. The van der Waals surface area contributed by atoms with Gasteiger partial charge in [-0.25, -0.2) is 58.6 Å². The third-order valence-electron chi connectivity index (χ3n) is 29.2. The number of fused-ring (bicyclic) bond motifs is 4. The number of aryl methyl sites for hydroxylation is 1. The zero-order valence-corrected chi connectivity index (χ0v) is 84.8. The minimum absolute atomic E-state index is 0.0635. The standard InChI is InChI=1S/2C25H30Cl2N6O2.C24H27Cl2F3N6O.C24H30Cl2N6O/c2*1-15(20-6-5-19(26)10-21(20)27)33-25-24(23(30-33)16(2)35)28-11-22(29-25)32-13-18(14-32)17-4-3-7-31(12-17)8-9-34;1-14(18-5-4-17(25)9-19(18)26)35-23-21(22(32-35)24(27,28)29)30-10-20(31-23)34-12-16(13-34)15-3-2-6-33(11-15)7-8-36;1-15-23-24(32(29-15)16(2)20-6-5-19(25)10-21(20)26)28-22(11-27-23)31-13-18(14-31)17-4-3-7-30(12-17)8-9-33/h2*5-6,10-11,15,17-18,34H,3-4,7-9,12-14H2,1-2H3;4-5,9-10,14-16,36H,2-3,6-8,11-13H2,1H3;5-6,10-11,16-18,33H,3-4,7-9,12-14H2,1-2H3/t15-,17+;15-,17-;14-,15-;16-,17+/m1111/s1. The number of carbonyl (C=O) groups excluding carboxylic acids is 2. The number of anilines is 4. The highest BCUT2D eigenvalue weighted by atomic mass is 35.5. The number of hydrogen-bond acceptors (Lipinski definition) is 26. The van der Waals surface area contributed by atoms with Crippen LogP contribution in [0.15, 0.2) is 97.6 Å². The monoisotopic (exact) mass is 2060 g/mol. The molecule has 4 N–H and O–H groups in total. The summed E-state index contributed by atoms with van der Waals surface area (Å²) in [5.41, 5.74) is 7.15. The minimum Gasteiger partial charge on any atom is -0.395 e. The van der Waals surface area contributed by atoms with Gasteiger partial charge in [-0.1, -0.05) is 117 Å². The van der Waals surface area contributed by atoms with Gasteiger partial charge in [-0.05, 0) is 230 Å². The van der Waals surface area contributed by atoms with E-state index >= 15 is 0 Å². The molecule has 8 saturated heterocycles. The molecule has 0 amide bonds. The molecule has 8 aromatic heterocycles. The molecule has 8 atom stereocenters. The summed E-state index contributed by atoms with van der Waals surface area (Å²) >= 11 is 50.0. The second kappa shape index (κ2) is 44.3. The van der Waals surface area contributed by atoms with Crippen LogP contribution in [0.3, 0.4) is 0 Å². The minimum atomic E-state index is -4.67. The number of likely N-dealkylation sites (tertiary alicyclic amines) is 4. The van der Waals surface area contributed by atoms with Crippen molar-refractivity contribution in [3.63, 3.8) is 0 Å². The fraction of sp³-hybridized carbons (Fsp3) is 0.531. The third-order valence-corrected chi connectivity index (χ3v) is 31.5. The van der Waals surface area contributed by atoms with Gasteiger partial charge in [0.25, 0.3) is 0 Å². The zero-order chi connectivity index (χ0) is 98.1. The Morgan fingerprint density at radius 1 is 0.360 bits per heavy atom. The molecule has 16 heterocycles. The average Bonchev–Trinajstić information content (AvgIpc) is 1.75. The van der Waals surface area contributed by atoms with Crippen molar-refractivity contribution in [2.75, 3.05) is 177 Å². The smallest absolute Gasteiger partial charge is 0.395 e. The highest BCUT2D eigenvalue weighted by Gasteiger charge is 2.44. The molecular formula is C98H117Cl8F3N24O6. The van der Waals surface area contributed by atoms with Gasteiger partial charge in [-0.2, -0.15) is 33.6 Å². The number of Topliss-reactive ketones (excluding diaryl/α,β-unsaturated/α-hetero) is 2. The molecule has 8 aliphatic heterocycles. The van der Waals surface area contributed by atoms with Gasteiger partial charge in [-0.3, -0.25) is 9.59 Å². The fourth-order valence-corrected chi connectivity index (χ4v) is 23.5.